The predicted octanol–water partition coefficient (Wildman–Crippen LogP) is 1.35. The van der Waals surface area contributed by atoms with Crippen molar-refractivity contribution in [3.63, 3.8) is 0 Å². The lowest BCUT2D eigenvalue weighted by molar-refractivity contribution is -0.142. The number of fused-ring (bicyclic) bond motifs is 1. The smallest absolute Gasteiger partial charge is 0.420 e. The first kappa shape index (κ1) is 15.3. The molecule has 1 heterocycles. The van der Waals surface area contributed by atoms with E-state index in [0.29, 0.717) is 36.8 Å². The highest BCUT2D eigenvalue weighted by Gasteiger charge is 2.26. The highest BCUT2D eigenvalue weighted by molar-refractivity contribution is 5.79. The van der Waals surface area contributed by atoms with Crippen LogP contribution in [0.3, 0.4) is 0 Å². The molecule has 1 amide bonds. The number of rotatable bonds is 4. The predicted molar refractivity (Wildman–Crippen MR) is 82.0 cm³/mol. The lowest BCUT2D eigenvalue weighted by Gasteiger charge is -2.26. The zero-order chi connectivity index (χ0) is 16.4. The van der Waals surface area contributed by atoms with E-state index in [0.717, 1.165) is 0 Å². The molecule has 2 N–H and O–H groups in total. The Morgan fingerprint density at radius 1 is 1.22 bits per heavy atom. The van der Waals surface area contributed by atoms with Gasteiger partial charge < -0.3 is 14.8 Å². The average molecular weight is 318 g/mol. The van der Waals surface area contributed by atoms with Crippen molar-refractivity contribution in [2.75, 3.05) is 0 Å². The van der Waals surface area contributed by atoms with Crippen molar-refractivity contribution in [2.45, 2.75) is 38.3 Å². The first-order valence-corrected chi connectivity index (χ1v) is 7.65. The van der Waals surface area contributed by atoms with Gasteiger partial charge in [-0.05, 0) is 37.8 Å². The molecule has 1 saturated carbocycles. The number of carbonyl (C=O) groups is 2. The van der Waals surface area contributed by atoms with Crippen LogP contribution in [0, 0.1) is 5.92 Å². The number of aromatic nitrogens is 1. The number of benzene rings is 1. The maximum Gasteiger partial charge on any atom is 0.420 e. The zero-order valence-corrected chi connectivity index (χ0v) is 12.5. The van der Waals surface area contributed by atoms with E-state index < -0.39 is 11.7 Å². The first-order chi connectivity index (χ1) is 11.0. The van der Waals surface area contributed by atoms with E-state index in [1.54, 1.807) is 24.3 Å². The van der Waals surface area contributed by atoms with Crippen molar-refractivity contribution in [1.82, 2.24) is 9.88 Å². The standard InChI is InChI=1S/C16H18N2O5/c19-14(17-11-7-5-10(6-8-11)15(20)21)9-18-12-3-1-2-4-13(12)23-16(18)22/h1-4,10-11H,5-9H2,(H,17,19)(H,20,21). The van der Waals surface area contributed by atoms with Crippen molar-refractivity contribution in [3.8, 4) is 0 Å². The van der Waals surface area contributed by atoms with Gasteiger partial charge in [-0.3, -0.25) is 14.2 Å². The molecule has 23 heavy (non-hydrogen) atoms. The van der Waals surface area contributed by atoms with E-state index in [4.69, 9.17) is 9.52 Å². The quantitative estimate of drug-likeness (QED) is 0.886. The fourth-order valence-corrected chi connectivity index (χ4v) is 3.07. The van der Waals surface area contributed by atoms with E-state index in [2.05, 4.69) is 5.32 Å². The molecule has 0 radical (unpaired) electrons. The van der Waals surface area contributed by atoms with E-state index >= 15 is 0 Å². The summed E-state index contributed by atoms with van der Waals surface area (Å²) in [6.07, 6.45) is 2.41. The van der Waals surface area contributed by atoms with Crippen molar-refractivity contribution in [2.24, 2.45) is 5.92 Å². The Morgan fingerprint density at radius 2 is 1.91 bits per heavy atom. The number of aliphatic carboxylic acids is 1. The van der Waals surface area contributed by atoms with Crippen molar-refractivity contribution >= 4 is 23.0 Å². The molecule has 1 aromatic carbocycles. The average Bonchev–Trinajstić information content (AvgIpc) is 2.84. The van der Waals surface area contributed by atoms with Crippen LogP contribution in [0.2, 0.25) is 0 Å². The fraction of sp³-hybridized carbons (Fsp3) is 0.438. The molecule has 0 saturated heterocycles. The summed E-state index contributed by atoms with van der Waals surface area (Å²) in [7, 11) is 0. The third-order valence-electron chi connectivity index (χ3n) is 4.32. The van der Waals surface area contributed by atoms with Gasteiger partial charge in [-0.1, -0.05) is 12.1 Å². The SMILES string of the molecule is O=C(Cn1c(=O)oc2ccccc21)NC1CCC(C(=O)O)CC1. The summed E-state index contributed by atoms with van der Waals surface area (Å²) < 4.78 is 6.39. The summed E-state index contributed by atoms with van der Waals surface area (Å²) in [6, 6.07) is 6.91. The third-order valence-corrected chi connectivity index (χ3v) is 4.32. The van der Waals surface area contributed by atoms with Gasteiger partial charge in [0, 0.05) is 6.04 Å². The molecule has 0 spiro atoms. The van der Waals surface area contributed by atoms with Gasteiger partial charge in [0.1, 0.15) is 6.54 Å². The molecule has 1 aromatic heterocycles. The van der Waals surface area contributed by atoms with Crippen molar-refractivity contribution < 1.29 is 19.1 Å². The maximum atomic E-state index is 12.2. The Morgan fingerprint density at radius 3 is 2.61 bits per heavy atom. The second kappa shape index (κ2) is 6.28. The summed E-state index contributed by atoms with van der Waals surface area (Å²) in [5, 5.41) is 11.8. The van der Waals surface area contributed by atoms with Crippen LogP contribution in [0.1, 0.15) is 25.7 Å². The number of nitrogens with zero attached hydrogens (tertiary/aromatic N) is 1. The molecule has 3 rings (SSSR count). The Balaban J connectivity index is 1.62. The highest BCUT2D eigenvalue weighted by atomic mass is 16.4. The van der Waals surface area contributed by atoms with Gasteiger partial charge in [-0.2, -0.15) is 0 Å². The molecule has 1 fully saturated rings. The molecule has 0 atom stereocenters. The molecule has 2 aromatic rings. The summed E-state index contributed by atoms with van der Waals surface area (Å²) in [5.74, 6) is -1.91. The molecule has 0 unspecified atom stereocenters. The Bertz CT molecular complexity index is 783. The molecular weight excluding hydrogens is 300 g/mol. The summed E-state index contributed by atoms with van der Waals surface area (Å²) in [4.78, 5) is 34.9. The van der Waals surface area contributed by atoms with Crippen LogP contribution >= 0.6 is 0 Å². The van der Waals surface area contributed by atoms with E-state index in [1.165, 1.54) is 4.57 Å². The van der Waals surface area contributed by atoms with Crippen LogP contribution in [0.25, 0.3) is 11.1 Å². The number of hydrogen-bond acceptors (Lipinski definition) is 4. The number of nitrogens with one attached hydrogen (secondary N) is 1. The largest absolute Gasteiger partial charge is 0.481 e. The highest BCUT2D eigenvalue weighted by Crippen LogP contribution is 2.24. The number of carbonyl (C=O) groups excluding carboxylic acids is 1. The summed E-state index contributed by atoms with van der Waals surface area (Å²) in [6.45, 7) is -0.102. The van der Waals surface area contributed by atoms with Gasteiger partial charge in [-0.25, -0.2) is 4.79 Å². The number of carboxylic acids is 1. The normalized spacial score (nSPS) is 21.2. The third kappa shape index (κ3) is 3.28. The fourth-order valence-electron chi connectivity index (χ4n) is 3.07. The molecule has 7 heteroatoms. The number of oxazole rings is 1. The molecule has 7 nitrogen and oxygen atoms in total. The number of para-hydroxylation sites is 2. The number of hydrogen-bond donors (Lipinski definition) is 2. The lowest BCUT2D eigenvalue weighted by atomic mass is 9.86. The number of carboxylic acid groups (broad SMARTS) is 1. The first-order valence-electron chi connectivity index (χ1n) is 7.65. The summed E-state index contributed by atoms with van der Waals surface area (Å²) >= 11 is 0. The van der Waals surface area contributed by atoms with Gasteiger partial charge in [-0.15, -0.1) is 0 Å². The number of amides is 1. The second-order valence-corrected chi connectivity index (χ2v) is 5.88. The van der Waals surface area contributed by atoms with Crippen molar-refractivity contribution in [3.05, 3.63) is 34.8 Å². The van der Waals surface area contributed by atoms with Gasteiger partial charge in [0.15, 0.2) is 5.58 Å². The minimum atomic E-state index is -0.772. The Hall–Kier alpha value is -2.57. The molecule has 1 aliphatic rings. The summed E-state index contributed by atoms with van der Waals surface area (Å²) in [5.41, 5.74) is 1.04. The van der Waals surface area contributed by atoms with Gasteiger partial charge >= 0.3 is 11.7 Å². The van der Waals surface area contributed by atoms with Crippen molar-refractivity contribution in [1.29, 1.82) is 0 Å². The van der Waals surface area contributed by atoms with Crippen LogP contribution in [-0.2, 0) is 16.1 Å². The molecule has 0 bridgehead atoms. The van der Waals surface area contributed by atoms with Gasteiger partial charge in [0.25, 0.3) is 0 Å². The van der Waals surface area contributed by atoms with Crippen LogP contribution in [-0.4, -0.2) is 27.6 Å². The van der Waals surface area contributed by atoms with Gasteiger partial charge in [0.2, 0.25) is 5.91 Å². The monoisotopic (exact) mass is 318 g/mol. The lowest BCUT2D eigenvalue weighted by Crippen LogP contribution is -2.41. The topological polar surface area (TPSA) is 102 Å². The second-order valence-electron chi connectivity index (χ2n) is 5.88. The molecule has 122 valence electrons. The molecule has 1 aliphatic carbocycles. The van der Waals surface area contributed by atoms with Crippen LogP contribution in [0.15, 0.2) is 33.5 Å². The Kier molecular flexibility index (Phi) is 4.18. The van der Waals surface area contributed by atoms with E-state index in [1.807, 2.05) is 0 Å². The van der Waals surface area contributed by atoms with Gasteiger partial charge in [0.05, 0.1) is 11.4 Å². The van der Waals surface area contributed by atoms with E-state index in [9.17, 15) is 14.4 Å². The van der Waals surface area contributed by atoms with Crippen LogP contribution in [0.5, 0.6) is 0 Å². The van der Waals surface area contributed by atoms with E-state index in [-0.39, 0.29) is 24.4 Å². The zero-order valence-electron chi connectivity index (χ0n) is 12.5. The van der Waals surface area contributed by atoms with Crippen LogP contribution < -0.4 is 11.1 Å². The molecular formula is C16H18N2O5. The minimum absolute atomic E-state index is 0.0352. The molecule has 0 aliphatic heterocycles. The Labute approximate surface area is 131 Å². The minimum Gasteiger partial charge on any atom is -0.481 e. The van der Waals surface area contributed by atoms with Crippen LogP contribution in [0.4, 0.5) is 0 Å². The maximum absolute atomic E-state index is 12.2.